The molecule has 0 aliphatic carbocycles. The standard InChI is InChI=1S/C16H16Cl2IO2/c17-9-11-20-15-5-1-13(2-6-15)19-14-3-7-16(8-4-14)21-12-10-18/h1-8H,9-12H2/q-1. The van der Waals surface area contributed by atoms with E-state index in [0.29, 0.717) is 25.0 Å². The van der Waals surface area contributed by atoms with Gasteiger partial charge in [0.1, 0.15) is 0 Å². The van der Waals surface area contributed by atoms with Gasteiger partial charge in [-0.2, -0.15) is 0 Å². The molecule has 2 aromatic carbocycles. The Kier molecular flexibility index (Phi) is 7.47. The molecule has 2 rings (SSSR count). The second-order valence-corrected chi connectivity index (χ2v) is 7.86. The van der Waals surface area contributed by atoms with Gasteiger partial charge in [-0.15, -0.1) is 0 Å². The summed E-state index contributed by atoms with van der Waals surface area (Å²) in [5.74, 6) is 2.75. The van der Waals surface area contributed by atoms with Gasteiger partial charge in [0.15, 0.2) is 0 Å². The molecule has 0 saturated heterocycles. The van der Waals surface area contributed by atoms with E-state index in [-0.39, 0.29) is 21.2 Å². The summed E-state index contributed by atoms with van der Waals surface area (Å²) in [6.07, 6.45) is 0. The molecule has 0 spiro atoms. The minimum absolute atomic E-state index is 0.187. The molecular weight excluding hydrogens is 422 g/mol. The number of ether oxygens (including phenoxy) is 2. The molecule has 0 radical (unpaired) electrons. The maximum atomic E-state index is 5.60. The molecule has 0 aromatic heterocycles. The molecule has 0 aliphatic heterocycles. The van der Waals surface area contributed by atoms with Gasteiger partial charge in [-0.05, 0) is 0 Å². The SMILES string of the molecule is ClCCOc1ccc([I-]c2ccc(OCCCl)cc2)cc1. The van der Waals surface area contributed by atoms with Gasteiger partial charge in [0.25, 0.3) is 0 Å². The summed E-state index contributed by atoms with van der Waals surface area (Å²) >= 11 is 11.0. The summed E-state index contributed by atoms with van der Waals surface area (Å²) in [5.41, 5.74) is 0. The molecule has 0 unspecified atom stereocenters. The van der Waals surface area contributed by atoms with Crippen molar-refractivity contribution >= 4 is 23.2 Å². The topological polar surface area (TPSA) is 18.5 Å². The number of rotatable bonds is 8. The number of halogens is 3. The van der Waals surface area contributed by atoms with Gasteiger partial charge in [-0.1, -0.05) is 0 Å². The van der Waals surface area contributed by atoms with E-state index in [9.17, 15) is 0 Å². The average Bonchev–Trinajstić information content (AvgIpc) is 2.53. The molecule has 0 atom stereocenters. The van der Waals surface area contributed by atoms with Gasteiger partial charge < -0.3 is 0 Å². The summed E-state index contributed by atoms with van der Waals surface area (Å²) in [4.78, 5) is 0. The van der Waals surface area contributed by atoms with E-state index >= 15 is 0 Å². The molecule has 0 bridgehead atoms. The van der Waals surface area contributed by atoms with Crippen LogP contribution in [0.5, 0.6) is 11.5 Å². The third kappa shape index (κ3) is 5.93. The van der Waals surface area contributed by atoms with Crippen LogP contribution in [0.3, 0.4) is 0 Å². The van der Waals surface area contributed by atoms with Gasteiger partial charge in [-0.3, -0.25) is 0 Å². The van der Waals surface area contributed by atoms with Crippen LogP contribution < -0.4 is 30.7 Å². The van der Waals surface area contributed by atoms with Crippen molar-refractivity contribution in [3.63, 3.8) is 0 Å². The molecule has 0 fully saturated rings. The fourth-order valence-corrected chi connectivity index (χ4v) is 3.94. The van der Waals surface area contributed by atoms with Crippen molar-refractivity contribution in [2.24, 2.45) is 0 Å². The second kappa shape index (κ2) is 9.38. The molecule has 0 saturated carbocycles. The normalized spacial score (nSPS) is 10.6. The first kappa shape index (κ1) is 16.7. The van der Waals surface area contributed by atoms with E-state index in [1.54, 1.807) is 0 Å². The molecule has 0 N–H and O–H groups in total. The van der Waals surface area contributed by atoms with Gasteiger partial charge in [0.2, 0.25) is 0 Å². The zero-order valence-corrected chi connectivity index (χ0v) is 15.1. The van der Waals surface area contributed by atoms with Crippen molar-refractivity contribution in [3.8, 4) is 11.5 Å². The van der Waals surface area contributed by atoms with Crippen LogP contribution in [-0.2, 0) is 0 Å². The van der Waals surface area contributed by atoms with Crippen molar-refractivity contribution in [2.45, 2.75) is 0 Å². The van der Waals surface area contributed by atoms with E-state index in [0.717, 1.165) is 11.5 Å². The third-order valence-electron chi connectivity index (χ3n) is 2.54. The summed E-state index contributed by atoms with van der Waals surface area (Å²) < 4.78 is 13.6. The molecule has 2 aromatic rings. The fraction of sp³-hybridized carbons (Fsp3) is 0.250. The van der Waals surface area contributed by atoms with E-state index < -0.39 is 0 Å². The minimum atomic E-state index is -0.187. The third-order valence-corrected chi connectivity index (χ3v) is 5.53. The van der Waals surface area contributed by atoms with Crippen molar-refractivity contribution < 1.29 is 30.7 Å². The Hall–Kier alpha value is -0.650. The quantitative estimate of drug-likeness (QED) is 0.454. The number of hydrogen-bond acceptors (Lipinski definition) is 2. The van der Waals surface area contributed by atoms with Crippen LogP contribution in [0.1, 0.15) is 0 Å². The first-order valence-electron chi connectivity index (χ1n) is 6.54. The fourth-order valence-electron chi connectivity index (χ4n) is 1.63. The van der Waals surface area contributed by atoms with E-state index in [4.69, 9.17) is 32.7 Å². The maximum absolute atomic E-state index is 5.60. The molecule has 0 aliphatic rings. The van der Waals surface area contributed by atoms with Crippen molar-refractivity contribution in [3.05, 3.63) is 55.7 Å². The molecule has 0 heterocycles. The Labute approximate surface area is 145 Å². The molecule has 0 amide bonds. The van der Waals surface area contributed by atoms with Crippen LogP contribution in [-0.4, -0.2) is 25.0 Å². The number of alkyl halides is 2. The van der Waals surface area contributed by atoms with Gasteiger partial charge in [0, 0.05) is 0 Å². The summed E-state index contributed by atoms with van der Waals surface area (Å²) in [6.45, 7) is 1.08. The Morgan fingerprint density at radius 2 is 1.05 bits per heavy atom. The first-order valence-corrected chi connectivity index (χ1v) is 9.77. The molecule has 114 valence electrons. The summed E-state index contributed by atoms with van der Waals surface area (Å²) in [7, 11) is 0. The first-order chi connectivity index (χ1) is 10.3. The van der Waals surface area contributed by atoms with Crippen LogP contribution >= 0.6 is 23.2 Å². The zero-order valence-electron chi connectivity index (χ0n) is 11.4. The molecular formula is C16H16Cl2IO2-. The van der Waals surface area contributed by atoms with Crippen LogP contribution in [0.4, 0.5) is 0 Å². The molecule has 5 heteroatoms. The monoisotopic (exact) mass is 437 g/mol. The van der Waals surface area contributed by atoms with Crippen LogP contribution in [0.2, 0.25) is 0 Å². The summed E-state index contributed by atoms with van der Waals surface area (Å²) in [5, 5.41) is 0. The Balaban J connectivity index is 1.91. The summed E-state index contributed by atoms with van der Waals surface area (Å²) in [6, 6.07) is 16.5. The Morgan fingerprint density at radius 1 is 0.667 bits per heavy atom. The van der Waals surface area contributed by atoms with Crippen molar-refractivity contribution in [1.29, 1.82) is 0 Å². The Morgan fingerprint density at radius 3 is 1.38 bits per heavy atom. The van der Waals surface area contributed by atoms with Gasteiger partial charge in [0.05, 0.1) is 0 Å². The van der Waals surface area contributed by atoms with Gasteiger partial charge >= 0.3 is 146 Å². The van der Waals surface area contributed by atoms with Gasteiger partial charge in [-0.25, -0.2) is 0 Å². The van der Waals surface area contributed by atoms with Crippen LogP contribution in [0.15, 0.2) is 48.5 Å². The predicted octanol–water partition coefficient (Wildman–Crippen LogP) is 1.05. The van der Waals surface area contributed by atoms with Crippen molar-refractivity contribution in [1.82, 2.24) is 0 Å². The van der Waals surface area contributed by atoms with Crippen LogP contribution in [0.25, 0.3) is 0 Å². The zero-order chi connectivity index (χ0) is 14.9. The van der Waals surface area contributed by atoms with E-state index in [1.165, 1.54) is 7.14 Å². The average molecular weight is 438 g/mol. The number of benzene rings is 2. The van der Waals surface area contributed by atoms with Crippen molar-refractivity contribution in [2.75, 3.05) is 25.0 Å². The Bertz CT molecular complexity index is 479. The number of hydrogen-bond donors (Lipinski definition) is 0. The van der Waals surface area contributed by atoms with E-state index in [1.807, 2.05) is 24.3 Å². The second-order valence-electron chi connectivity index (χ2n) is 4.08. The van der Waals surface area contributed by atoms with Crippen LogP contribution in [0, 0.1) is 7.14 Å². The van der Waals surface area contributed by atoms with E-state index in [2.05, 4.69) is 24.3 Å². The molecule has 2 nitrogen and oxygen atoms in total. The molecule has 21 heavy (non-hydrogen) atoms. The predicted molar refractivity (Wildman–Crippen MR) is 82.7 cm³/mol.